The Morgan fingerprint density at radius 2 is 1.57 bits per heavy atom. The number of nitrogens with one attached hydrogen (secondary N) is 1. The summed E-state index contributed by atoms with van der Waals surface area (Å²) in [5, 5.41) is 3.10. The first-order valence-corrected chi connectivity index (χ1v) is 13.6. The van der Waals surface area contributed by atoms with Crippen LogP contribution < -0.4 is 9.62 Å². The molecule has 3 aromatic carbocycles. The van der Waals surface area contributed by atoms with Crippen molar-refractivity contribution in [2.24, 2.45) is 0 Å². The van der Waals surface area contributed by atoms with E-state index < -0.39 is 15.9 Å². The minimum atomic E-state index is -4.01. The van der Waals surface area contributed by atoms with Crippen molar-refractivity contribution in [3.63, 3.8) is 0 Å². The van der Waals surface area contributed by atoms with Gasteiger partial charge in [-0.25, -0.2) is 8.42 Å². The summed E-state index contributed by atoms with van der Waals surface area (Å²) in [4.78, 5) is 15.4. The third-order valence-electron chi connectivity index (χ3n) is 6.13. The summed E-state index contributed by atoms with van der Waals surface area (Å²) >= 11 is 6.33. The molecule has 8 heteroatoms. The molecule has 1 fully saturated rings. The van der Waals surface area contributed by atoms with Crippen molar-refractivity contribution in [2.75, 3.05) is 23.9 Å². The van der Waals surface area contributed by atoms with Crippen LogP contribution in [0.5, 0.6) is 0 Å². The number of carbonyl (C=O) groups excluding carboxylic acids is 1. The van der Waals surface area contributed by atoms with Crippen LogP contribution in [0.3, 0.4) is 0 Å². The van der Waals surface area contributed by atoms with Gasteiger partial charge in [0.2, 0.25) is 5.91 Å². The Kier molecular flexibility index (Phi) is 8.11. The molecule has 184 valence electrons. The molecule has 0 saturated carbocycles. The van der Waals surface area contributed by atoms with Crippen molar-refractivity contribution in [3.8, 4) is 0 Å². The highest BCUT2D eigenvalue weighted by atomic mass is 35.5. The number of nitrogens with zero attached hydrogens (tertiary/aromatic N) is 2. The van der Waals surface area contributed by atoms with Crippen molar-refractivity contribution < 1.29 is 13.2 Å². The smallest absolute Gasteiger partial charge is 0.264 e. The van der Waals surface area contributed by atoms with Crippen LogP contribution in [-0.4, -0.2) is 38.9 Å². The Morgan fingerprint density at radius 1 is 0.943 bits per heavy atom. The van der Waals surface area contributed by atoms with E-state index in [1.807, 2.05) is 19.1 Å². The number of carbonyl (C=O) groups is 1. The van der Waals surface area contributed by atoms with Gasteiger partial charge >= 0.3 is 0 Å². The Morgan fingerprint density at radius 3 is 2.23 bits per heavy atom. The Hall–Kier alpha value is -2.87. The van der Waals surface area contributed by atoms with E-state index in [-0.39, 0.29) is 22.2 Å². The minimum Gasteiger partial charge on any atom is -0.350 e. The van der Waals surface area contributed by atoms with Crippen molar-refractivity contribution in [3.05, 3.63) is 94.5 Å². The number of likely N-dealkylation sites (tertiary alicyclic amines) is 1. The van der Waals surface area contributed by atoms with Gasteiger partial charge in [-0.15, -0.1) is 0 Å². The number of aryl methyl sites for hydroxylation is 1. The quantitative estimate of drug-likeness (QED) is 0.450. The average Bonchev–Trinajstić information content (AvgIpc) is 3.36. The molecule has 4 rings (SSSR count). The number of sulfonamides is 1. The third-order valence-corrected chi connectivity index (χ3v) is 8.23. The molecule has 1 N–H and O–H groups in total. The highest BCUT2D eigenvalue weighted by Gasteiger charge is 2.28. The van der Waals surface area contributed by atoms with Crippen LogP contribution in [0.15, 0.2) is 77.7 Å². The maximum Gasteiger partial charge on any atom is 0.264 e. The molecule has 0 unspecified atom stereocenters. The van der Waals surface area contributed by atoms with Gasteiger partial charge in [-0.1, -0.05) is 65.7 Å². The van der Waals surface area contributed by atoms with Gasteiger partial charge in [0.25, 0.3) is 10.0 Å². The van der Waals surface area contributed by atoms with Crippen LogP contribution in [0.2, 0.25) is 5.02 Å². The molecule has 6 nitrogen and oxygen atoms in total. The lowest BCUT2D eigenvalue weighted by Crippen LogP contribution is -2.40. The van der Waals surface area contributed by atoms with E-state index >= 15 is 0 Å². The molecule has 1 heterocycles. The van der Waals surface area contributed by atoms with Crippen LogP contribution in [-0.2, 0) is 27.9 Å². The number of hydrogen-bond acceptors (Lipinski definition) is 4. The van der Waals surface area contributed by atoms with Crippen molar-refractivity contribution >= 4 is 33.2 Å². The summed E-state index contributed by atoms with van der Waals surface area (Å²) in [5.41, 5.74) is 3.40. The molecule has 0 radical (unpaired) electrons. The number of anilines is 1. The maximum atomic E-state index is 13.5. The van der Waals surface area contributed by atoms with E-state index in [1.165, 1.54) is 30.5 Å². The monoisotopic (exact) mass is 511 g/mol. The van der Waals surface area contributed by atoms with Gasteiger partial charge in [0.1, 0.15) is 6.54 Å². The first kappa shape index (κ1) is 25.2. The van der Waals surface area contributed by atoms with E-state index in [1.54, 1.807) is 36.4 Å². The SMILES string of the molecule is Cc1ccc(S(=O)(=O)N(CC(=O)NCc2ccc(CN3CCCC3)cc2)c2ccccc2Cl)cc1. The fourth-order valence-electron chi connectivity index (χ4n) is 4.14. The second-order valence-corrected chi connectivity index (χ2v) is 11.1. The fourth-order valence-corrected chi connectivity index (χ4v) is 5.87. The zero-order chi connectivity index (χ0) is 24.8. The molecular formula is C27H30ClN3O3S. The number of rotatable bonds is 9. The predicted molar refractivity (Wildman–Crippen MR) is 140 cm³/mol. The van der Waals surface area contributed by atoms with Gasteiger partial charge < -0.3 is 5.32 Å². The molecule has 0 aliphatic carbocycles. The number of amides is 1. The van der Waals surface area contributed by atoms with Gasteiger partial charge in [-0.05, 0) is 68.2 Å². The molecule has 0 spiro atoms. The maximum absolute atomic E-state index is 13.5. The Balaban J connectivity index is 1.45. The lowest BCUT2D eigenvalue weighted by atomic mass is 10.1. The Bertz CT molecular complexity index is 1260. The van der Waals surface area contributed by atoms with Crippen molar-refractivity contribution in [1.82, 2.24) is 10.2 Å². The molecule has 0 bridgehead atoms. The zero-order valence-corrected chi connectivity index (χ0v) is 21.4. The van der Waals surface area contributed by atoms with Crippen LogP contribution in [0.1, 0.15) is 29.5 Å². The standard InChI is InChI=1S/C27H30ClN3O3S/c1-21-8-14-24(15-9-21)35(33,34)31(26-7-3-2-6-25(26)28)20-27(32)29-18-22-10-12-23(13-11-22)19-30-16-4-5-17-30/h2-3,6-15H,4-5,16-20H2,1H3,(H,29,32). The van der Waals surface area contributed by atoms with Gasteiger partial charge in [0.05, 0.1) is 15.6 Å². The highest BCUT2D eigenvalue weighted by Crippen LogP contribution is 2.30. The first-order chi connectivity index (χ1) is 16.8. The van der Waals surface area contributed by atoms with Gasteiger partial charge in [-0.3, -0.25) is 14.0 Å². The molecule has 3 aromatic rings. The second kappa shape index (κ2) is 11.2. The molecule has 35 heavy (non-hydrogen) atoms. The molecular weight excluding hydrogens is 482 g/mol. The van der Waals surface area contributed by atoms with E-state index in [0.717, 1.165) is 35.1 Å². The number of halogens is 1. The lowest BCUT2D eigenvalue weighted by Gasteiger charge is -2.25. The van der Waals surface area contributed by atoms with Crippen molar-refractivity contribution in [2.45, 2.75) is 37.8 Å². The largest absolute Gasteiger partial charge is 0.350 e. The second-order valence-electron chi connectivity index (χ2n) is 8.85. The summed E-state index contributed by atoms with van der Waals surface area (Å²) in [6.45, 7) is 5.04. The van der Waals surface area contributed by atoms with Crippen LogP contribution >= 0.6 is 11.6 Å². The number of benzene rings is 3. The lowest BCUT2D eigenvalue weighted by molar-refractivity contribution is -0.119. The molecule has 0 aromatic heterocycles. The first-order valence-electron chi connectivity index (χ1n) is 11.7. The molecule has 0 atom stereocenters. The molecule has 1 aliphatic heterocycles. The van der Waals surface area contributed by atoms with E-state index in [2.05, 4.69) is 22.3 Å². The van der Waals surface area contributed by atoms with Crippen LogP contribution in [0.4, 0.5) is 5.69 Å². The predicted octanol–water partition coefficient (Wildman–Crippen LogP) is 4.76. The van der Waals surface area contributed by atoms with Crippen LogP contribution in [0.25, 0.3) is 0 Å². The van der Waals surface area contributed by atoms with Crippen molar-refractivity contribution in [1.29, 1.82) is 0 Å². The van der Waals surface area contributed by atoms with E-state index in [9.17, 15) is 13.2 Å². The average molecular weight is 512 g/mol. The van der Waals surface area contributed by atoms with E-state index in [4.69, 9.17) is 11.6 Å². The number of para-hydroxylation sites is 1. The number of hydrogen-bond donors (Lipinski definition) is 1. The summed E-state index contributed by atoms with van der Waals surface area (Å²) in [7, 11) is -4.01. The third kappa shape index (κ3) is 6.42. The highest BCUT2D eigenvalue weighted by molar-refractivity contribution is 7.92. The van der Waals surface area contributed by atoms with Crippen LogP contribution in [0, 0.1) is 6.92 Å². The van der Waals surface area contributed by atoms with Gasteiger partial charge in [0.15, 0.2) is 0 Å². The van der Waals surface area contributed by atoms with Gasteiger partial charge in [-0.2, -0.15) is 0 Å². The molecule has 1 amide bonds. The normalized spacial score (nSPS) is 14.1. The zero-order valence-electron chi connectivity index (χ0n) is 19.8. The summed E-state index contributed by atoms with van der Waals surface area (Å²) in [5.74, 6) is -0.415. The van der Waals surface area contributed by atoms with E-state index in [0.29, 0.717) is 6.54 Å². The summed E-state index contributed by atoms with van der Waals surface area (Å²) in [6.07, 6.45) is 2.52. The topological polar surface area (TPSA) is 69.7 Å². The summed E-state index contributed by atoms with van der Waals surface area (Å²) in [6, 6.07) is 21.3. The summed E-state index contributed by atoms with van der Waals surface area (Å²) < 4.78 is 28.0. The molecule has 1 aliphatic rings. The minimum absolute atomic E-state index is 0.101. The van der Waals surface area contributed by atoms with Gasteiger partial charge in [0, 0.05) is 13.1 Å². The fraction of sp³-hybridized carbons (Fsp3) is 0.296. The molecule has 1 saturated heterocycles. The Labute approximate surface area is 212 Å².